The molecule has 3 aromatic rings. The van der Waals surface area contributed by atoms with Gasteiger partial charge in [-0.1, -0.05) is 12.1 Å². The van der Waals surface area contributed by atoms with Crippen molar-refractivity contribution in [3.63, 3.8) is 0 Å². The van der Waals surface area contributed by atoms with Gasteiger partial charge in [0.25, 0.3) is 5.91 Å². The van der Waals surface area contributed by atoms with Crippen molar-refractivity contribution < 1.29 is 19.4 Å². The second kappa shape index (κ2) is 9.35. The van der Waals surface area contributed by atoms with Crippen molar-refractivity contribution in [2.24, 2.45) is 0 Å². The quantitative estimate of drug-likeness (QED) is 0.632. The standard InChI is InChI=1S/C23H27N5O4/c1-15-7-8-19(32-18-6-4-5-17(13-18)16(2)29)14-27(15)23(30)20-9-10-21(31-3)26-22(20)28-24-11-12-25-28/h4-6,9-13,15-16,19,29H,7-8,14H2,1-3H3/t15-,16?,19-/m0/s1. The molecular weight excluding hydrogens is 410 g/mol. The third-order valence-corrected chi connectivity index (χ3v) is 5.64. The van der Waals surface area contributed by atoms with E-state index in [1.165, 1.54) is 24.3 Å². The summed E-state index contributed by atoms with van der Waals surface area (Å²) in [5.74, 6) is 1.22. The first-order valence-corrected chi connectivity index (χ1v) is 10.6. The molecule has 9 heteroatoms. The number of likely N-dealkylation sites (tertiary alicyclic amines) is 1. The molecule has 2 aromatic heterocycles. The Morgan fingerprint density at radius 3 is 2.69 bits per heavy atom. The Labute approximate surface area is 186 Å². The lowest BCUT2D eigenvalue weighted by Gasteiger charge is -2.38. The molecule has 1 unspecified atom stereocenters. The van der Waals surface area contributed by atoms with E-state index in [-0.39, 0.29) is 18.1 Å². The lowest BCUT2D eigenvalue weighted by Crippen LogP contribution is -2.49. The Hall–Kier alpha value is -3.46. The number of hydrogen-bond acceptors (Lipinski definition) is 7. The zero-order valence-electron chi connectivity index (χ0n) is 18.4. The minimum atomic E-state index is -0.570. The van der Waals surface area contributed by atoms with E-state index in [1.54, 1.807) is 19.1 Å². The molecule has 168 valence electrons. The van der Waals surface area contributed by atoms with Gasteiger partial charge >= 0.3 is 0 Å². The maximum atomic E-state index is 13.6. The molecule has 3 heterocycles. The number of carbonyl (C=O) groups is 1. The molecule has 0 saturated carbocycles. The summed E-state index contributed by atoms with van der Waals surface area (Å²) in [6.07, 6.45) is 3.98. The number of aromatic nitrogens is 4. The molecule has 1 N–H and O–H groups in total. The van der Waals surface area contributed by atoms with Crippen LogP contribution in [0, 0.1) is 0 Å². The fourth-order valence-corrected chi connectivity index (χ4v) is 3.84. The highest BCUT2D eigenvalue weighted by Gasteiger charge is 2.32. The van der Waals surface area contributed by atoms with E-state index in [0.29, 0.717) is 29.6 Å². The third kappa shape index (κ3) is 4.57. The normalized spacial score (nSPS) is 19.4. The van der Waals surface area contributed by atoms with E-state index in [2.05, 4.69) is 15.2 Å². The molecule has 1 aliphatic heterocycles. The van der Waals surface area contributed by atoms with Crippen LogP contribution in [0.5, 0.6) is 11.6 Å². The van der Waals surface area contributed by atoms with Gasteiger partial charge in [-0.3, -0.25) is 4.79 Å². The van der Waals surface area contributed by atoms with E-state index in [9.17, 15) is 9.90 Å². The van der Waals surface area contributed by atoms with E-state index in [0.717, 1.165) is 18.4 Å². The first kappa shape index (κ1) is 21.8. The molecule has 0 bridgehead atoms. The van der Waals surface area contributed by atoms with Gasteiger partial charge in [-0.05, 0) is 50.5 Å². The summed E-state index contributed by atoms with van der Waals surface area (Å²) in [7, 11) is 1.52. The Balaban J connectivity index is 1.56. The van der Waals surface area contributed by atoms with Gasteiger partial charge in [-0.15, -0.1) is 4.80 Å². The fourth-order valence-electron chi connectivity index (χ4n) is 3.84. The van der Waals surface area contributed by atoms with Gasteiger partial charge in [0.1, 0.15) is 11.9 Å². The Bertz CT molecular complexity index is 1070. The number of benzene rings is 1. The number of aliphatic hydroxyl groups excluding tert-OH is 1. The summed E-state index contributed by atoms with van der Waals surface area (Å²) in [5, 5.41) is 18.1. The van der Waals surface area contributed by atoms with Crippen LogP contribution < -0.4 is 9.47 Å². The van der Waals surface area contributed by atoms with Crippen molar-refractivity contribution in [1.29, 1.82) is 0 Å². The van der Waals surface area contributed by atoms with Crippen LogP contribution in [-0.2, 0) is 0 Å². The van der Waals surface area contributed by atoms with Gasteiger partial charge in [-0.2, -0.15) is 15.2 Å². The Morgan fingerprint density at radius 1 is 1.19 bits per heavy atom. The monoisotopic (exact) mass is 437 g/mol. The molecule has 9 nitrogen and oxygen atoms in total. The largest absolute Gasteiger partial charge is 0.489 e. The second-order valence-corrected chi connectivity index (χ2v) is 7.92. The van der Waals surface area contributed by atoms with Crippen LogP contribution in [0.15, 0.2) is 48.8 Å². The van der Waals surface area contributed by atoms with Crippen molar-refractivity contribution in [3.8, 4) is 17.4 Å². The molecular formula is C23H27N5O4. The van der Waals surface area contributed by atoms with E-state index >= 15 is 0 Å². The lowest BCUT2D eigenvalue weighted by atomic mass is 10.00. The number of ether oxygens (including phenoxy) is 2. The predicted octanol–water partition coefficient (Wildman–Crippen LogP) is 2.80. The van der Waals surface area contributed by atoms with Gasteiger partial charge in [0, 0.05) is 12.1 Å². The second-order valence-electron chi connectivity index (χ2n) is 7.92. The third-order valence-electron chi connectivity index (χ3n) is 5.64. The zero-order chi connectivity index (χ0) is 22.7. The van der Waals surface area contributed by atoms with Crippen LogP contribution in [0.2, 0.25) is 0 Å². The summed E-state index contributed by atoms with van der Waals surface area (Å²) in [6.45, 7) is 4.19. The number of carbonyl (C=O) groups excluding carboxylic acids is 1. The molecule has 4 rings (SSSR count). The van der Waals surface area contributed by atoms with Crippen LogP contribution >= 0.6 is 0 Å². The average Bonchev–Trinajstić information content (AvgIpc) is 3.34. The molecule has 1 fully saturated rings. The van der Waals surface area contributed by atoms with Crippen molar-refractivity contribution in [2.45, 2.75) is 44.9 Å². The molecule has 1 aliphatic rings. The predicted molar refractivity (Wildman–Crippen MR) is 117 cm³/mol. The molecule has 3 atom stereocenters. The smallest absolute Gasteiger partial charge is 0.258 e. The van der Waals surface area contributed by atoms with E-state index < -0.39 is 6.10 Å². The molecule has 0 aliphatic carbocycles. The number of nitrogens with zero attached hydrogens (tertiary/aromatic N) is 5. The van der Waals surface area contributed by atoms with E-state index in [4.69, 9.17) is 9.47 Å². The van der Waals surface area contributed by atoms with Gasteiger partial charge in [0.15, 0.2) is 5.82 Å². The van der Waals surface area contributed by atoms with Crippen molar-refractivity contribution in [2.75, 3.05) is 13.7 Å². The highest BCUT2D eigenvalue weighted by Crippen LogP contribution is 2.27. The molecule has 1 amide bonds. The van der Waals surface area contributed by atoms with Crippen LogP contribution in [0.4, 0.5) is 0 Å². The first-order valence-electron chi connectivity index (χ1n) is 10.6. The first-order chi connectivity index (χ1) is 15.5. The van der Waals surface area contributed by atoms with Gasteiger partial charge < -0.3 is 19.5 Å². The van der Waals surface area contributed by atoms with Crippen LogP contribution in [0.3, 0.4) is 0 Å². The van der Waals surface area contributed by atoms with Crippen LogP contribution in [-0.4, -0.2) is 61.7 Å². The van der Waals surface area contributed by atoms with Crippen LogP contribution in [0.25, 0.3) is 5.82 Å². The average molecular weight is 438 g/mol. The number of hydrogen-bond donors (Lipinski definition) is 1. The Kier molecular flexibility index (Phi) is 6.36. The number of rotatable bonds is 6. The summed E-state index contributed by atoms with van der Waals surface area (Å²) in [5.41, 5.74) is 1.19. The van der Waals surface area contributed by atoms with Crippen molar-refractivity contribution in [3.05, 3.63) is 59.9 Å². The highest BCUT2D eigenvalue weighted by atomic mass is 16.5. The summed E-state index contributed by atoms with van der Waals surface area (Å²) >= 11 is 0. The van der Waals surface area contributed by atoms with Gasteiger partial charge in [0.05, 0.1) is 37.7 Å². The summed E-state index contributed by atoms with van der Waals surface area (Å²) in [6, 6.07) is 10.8. The molecule has 1 saturated heterocycles. The van der Waals surface area contributed by atoms with Crippen molar-refractivity contribution >= 4 is 5.91 Å². The van der Waals surface area contributed by atoms with E-state index in [1.807, 2.05) is 36.1 Å². The number of aliphatic hydroxyl groups is 1. The zero-order valence-corrected chi connectivity index (χ0v) is 18.4. The minimum Gasteiger partial charge on any atom is -0.489 e. The van der Waals surface area contributed by atoms with Crippen LogP contribution in [0.1, 0.15) is 48.7 Å². The molecule has 32 heavy (non-hydrogen) atoms. The fraction of sp³-hybridized carbons (Fsp3) is 0.391. The van der Waals surface area contributed by atoms with Crippen molar-refractivity contribution in [1.82, 2.24) is 24.9 Å². The number of methoxy groups -OCH3 is 1. The maximum Gasteiger partial charge on any atom is 0.258 e. The van der Waals surface area contributed by atoms with Gasteiger partial charge in [0.2, 0.25) is 5.88 Å². The Morgan fingerprint density at radius 2 is 1.97 bits per heavy atom. The molecule has 0 radical (unpaired) electrons. The highest BCUT2D eigenvalue weighted by molar-refractivity contribution is 5.97. The molecule has 1 aromatic carbocycles. The van der Waals surface area contributed by atoms with Gasteiger partial charge in [-0.25, -0.2) is 0 Å². The topological polar surface area (TPSA) is 103 Å². The SMILES string of the molecule is COc1ccc(C(=O)N2C[C@@H](Oc3cccc(C(C)O)c3)CC[C@@H]2C)c(-n2nccn2)n1. The number of pyridine rings is 1. The number of amides is 1. The lowest BCUT2D eigenvalue weighted by molar-refractivity contribution is 0.0383. The summed E-state index contributed by atoms with van der Waals surface area (Å²) in [4.78, 5) is 21.1. The minimum absolute atomic E-state index is 0.0479. The maximum absolute atomic E-state index is 13.6. The molecule has 0 spiro atoms. The number of piperidine rings is 1. The summed E-state index contributed by atoms with van der Waals surface area (Å²) < 4.78 is 11.4.